The quantitative estimate of drug-likeness (QED) is 0.882. The minimum atomic E-state index is 0. The van der Waals surface area contributed by atoms with E-state index in [1.54, 1.807) is 7.05 Å². The average molecular weight is 269 g/mol. The van der Waals surface area contributed by atoms with Crippen molar-refractivity contribution in [2.24, 2.45) is 0 Å². The van der Waals surface area contributed by atoms with Crippen molar-refractivity contribution in [1.29, 1.82) is 0 Å². The standard InChI is InChI=1S/C14H20N2O.ClH/c1-14(2)8-12(16-13(17)9-15-3)10-6-4-5-7-11(10)14;/h4-7,12,15H,8-9H2,1-3H3,(H,16,17);1H. The van der Waals surface area contributed by atoms with Crippen molar-refractivity contribution in [2.75, 3.05) is 13.6 Å². The van der Waals surface area contributed by atoms with Crippen LogP contribution in [0.25, 0.3) is 0 Å². The van der Waals surface area contributed by atoms with Crippen LogP contribution in [0.5, 0.6) is 0 Å². The molecule has 3 nitrogen and oxygen atoms in total. The van der Waals surface area contributed by atoms with E-state index < -0.39 is 0 Å². The normalized spacial score (nSPS) is 19.8. The summed E-state index contributed by atoms with van der Waals surface area (Å²) in [6.07, 6.45) is 0.974. The largest absolute Gasteiger partial charge is 0.348 e. The van der Waals surface area contributed by atoms with Gasteiger partial charge in [-0.2, -0.15) is 0 Å². The molecule has 0 aromatic heterocycles. The lowest BCUT2D eigenvalue weighted by atomic mass is 9.86. The van der Waals surface area contributed by atoms with Crippen LogP contribution in [0.1, 0.15) is 37.4 Å². The Morgan fingerprint density at radius 1 is 1.39 bits per heavy atom. The molecule has 0 aliphatic heterocycles. The lowest BCUT2D eigenvalue weighted by Gasteiger charge is -2.19. The molecule has 1 amide bonds. The van der Waals surface area contributed by atoms with E-state index in [4.69, 9.17) is 0 Å². The predicted octanol–water partition coefficient (Wildman–Crippen LogP) is 2.17. The number of halogens is 1. The number of hydrogen-bond acceptors (Lipinski definition) is 2. The van der Waals surface area contributed by atoms with E-state index in [2.05, 4.69) is 42.7 Å². The molecular formula is C14H21ClN2O. The van der Waals surface area contributed by atoms with Gasteiger partial charge in [0.15, 0.2) is 0 Å². The molecule has 1 aromatic carbocycles. The summed E-state index contributed by atoms with van der Waals surface area (Å²) in [7, 11) is 1.78. The average Bonchev–Trinajstić information content (AvgIpc) is 2.52. The highest BCUT2D eigenvalue weighted by Gasteiger charge is 2.36. The van der Waals surface area contributed by atoms with E-state index in [1.165, 1.54) is 11.1 Å². The van der Waals surface area contributed by atoms with Crippen molar-refractivity contribution in [1.82, 2.24) is 10.6 Å². The second kappa shape index (κ2) is 5.72. The van der Waals surface area contributed by atoms with Crippen molar-refractivity contribution in [3.63, 3.8) is 0 Å². The lowest BCUT2D eigenvalue weighted by Crippen LogP contribution is -2.34. The first kappa shape index (κ1) is 15.0. The SMILES string of the molecule is CNCC(=O)NC1CC(C)(C)c2ccccc21.Cl. The van der Waals surface area contributed by atoms with Gasteiger partial charge in [0.1, 0.15) is 0 Å². The van der Waals surface area contributed by atoms with Crippen LogP contribution < -0.4 is 10.6 Å². The van der Waals surface area contributed by atoms with Gasteiger partial charge in [-0.1, -0.05) is 38.1 Å². The fourth-order valence-corrected chi connectivity index (χ4v) is 2.68. The molecule has 0 spiro atoms. The van der Waals surface area contributed by atoms with E-state index in [9.17, 15) is 4.79 Å². The summed E-state index contributed by atoms with van der Waals surface area (Å²) >= 11 is 0. The number of carbonyl (C=O) groups is 1. The molecule has 100 valence electrons. The molecule has 4 heteroatoms. The first-order chi connectivity index (χ1) is 8.04. The molecule has 2 rings (SSSR count). The Kier molecular flexibility index (Phi) is 4.77. The number of likely N-dealkylation sites (N-methyl/N-ethyl adjacent to an activating group) is 1. The van der Waals surface area contributed by atoms with Crippen LogP contribution >= 0.6 is 12.4 Å². The zero-order valence-corrected chi connectivity index (χ0v) is 11.9. The van der Waals surface area contributed by atoms with Crippen molar-refractivity contribution < 1.29 is 4.79 Å². The van der Waals surface area contributed by atoms with E-state index >= 15 is 0 Å². The van der Waals surface area contributed by atoms with Gasteiger partial charge < -0.3 is 10.6 Å². The van der Waals surface area contributed by atoms with Gasteiger partial charge in [-0.15, -0.1) is 12.4 Å². The number of carbonyl (C=O) groups excluding carboxylic acids is 1. The number of hydrogen-bond donors (Lipinski definition) is 2. The number of nitrogens with one attached hydrogen (secondary N) is 2. The molecule has 1 unspecified atom stereocenters. The maximum atomic E-state index is 11.6. The maximum absolute atomic E-state index is 11.6. The summed E-state index contributed by atoms with van der Waals surface area (Å²) in [5, 5.41) is 5.96. The molecule has 0 heterocycles. The van der Waals surface area contributed by atoms with Crippen LogP contribution in [-0.2, 0) is 10.2 Å². The van der Waals surface area contributed by atoms with Crippen LogP contribution in [0.15, 0.2) is 24.3 Å². The van der Waals surface area contributed by atoms with Crippen LogP contribution in [0.3, 0.4) is 0 Å². The molecule has 1 aromatic rings. The van der Waals surface area contributed by atoms with Crippen molar-refractivity contribution in [3.05, 3.63) is 35.4 Å². The highest BCUT2D eigenvalue weighted by Crippen LogP contribution is 2.44. The monoisotopic (exact) mass is 268 g/mol. The Labute approximate surface area is 115 Å². The van der Waals surface area contributed by atoms with Gasteiger partial charge in [-0.3, -0.25) is 4.79 Å². The molecule has 0 saturated carbocycles. The predicted molar refractivity (Wildman–Crippen MR) is 76.1 cm³/mol. The number of rotatable bonds is 3. The smallest absolute Gasteiger partial charge is 0.234 e. The molecule has 1 aliphatic carbocycles. The fourth-order valence-electron chi connectivity index (χ4n) is 2.68. The molecule has 1 atom stereocenters. The number of fused-ring (bicyclic) bond motifs is 1. The first-order valence-electron chi connectivity index (χ1n) is 6.08. The van der Waals surface area contributed by atoms with Crippen LogP contribution in [0.4, 0.5) is 0 Å². The minimum absolute atomic E-state index is 0. The van der Waals surface area contributed by atoms with Gasteiger partial charge in [-0.05, 0) is 30.0 Å². The van der Waals surface area contributed by atoms with Crippen molar-refractivity contribution in [3.8, 4) is 0 Å². The number of amides is 1. The Balaban J connectivity index is 0.00000162. The molecular weight excluding hydrogens is 248 g/mol. The Morgan fingerprint density at radius 3 is 2.72 bits per heavy atom. The van der Waals surface area contributed by atoms with Gasteiger partial charge in [0.25, 0.3) is 0 Å². The molecule has 0 fully saturated rings. The maximum Gasteiger partial charge on any atom is 0.234 e. The van der Waals surface area contributed by atoms with Crippen molar-refractivity contribution in [2.45, 2.75) is 31.7 Å². The molecule has 18 heavy (non-hydrogen) atoms. The number of benzene rings is 1. The summed E-state index contributed by atoms with van der Waals surface area (Å²) in [5.41, 5.74) is 2.77. The summed E-state index contributed by atoms with van der Waals surface area (Å²) in [6.45, 7) is 4.84. The summed E-state index contributed by atoms with van der Waals surface area (Å²) in [4.78, 5) is 11.6. The third-order valence-electron chi connectivity index (χ3n) is 3.45. The van der Waals surface area contributed by atoms with Crippen molar-refractivity contribution >= 4 is 18.3 Å². The van der Waals surface area contributed by atoms with Gasteiger partial charge in [0.05, 0.1) is 12.6 Å². The van der Waals surface area contributed by atoms with Gasteiger partial charge in [0, 0.05) is 0 Å². The third kappa shape index (κ3) is 2.85. The van der Waals surface area contributed by atoms with E-state index in [0.29, 0.717) is 6.54 Å². The molecule has 2 N–H and O–H groups in total. The van der Waals surface area contributed by atoms with E-state index in [0.717, 1.165) is 6.42 Å². The Hall–Kier alpha value is -1.06. The molecule has 0 saturated heterocycles. The second-order valence-electron chi connectivity index (χ2n) is 5.33. The highest BCUT2D eigenvalue weighted by molar-refractivity contribution is 5.85. The molecule has 1 aliphatic rings. The van der Waals surface area contributed by atoms with E-state index in [1.807, 2.05) is 6.07 Å². The zero-order chi connectivity index (χ0) is 12.5. The summed E-state index contributed by atoms with van der Waals surface area (Å²) in [6, 6.07) is 8.55. The first-order valence-corrected chi connectivity index (χ1v) is 6.08. The second-order valence-corrected chi connectivity index (χ2v) is 5.33. The zero-order valence-electron chi connectivity index (χ0n) is 11.1. The topological polar surface area (TPSA) is 41.1 Å². The lowest BCUT2D eigenvalue weighted by molar-refractivity contribution is -0.120. The highest BCUT2D eigenvalue weighted by atomic mass is 35.5. The van der Waals surface area contributed by atoms with Gasteiger partial charge in [0.2, 0.25) is 5.91 Å². The molecule has 0 bridgehead atoms. The summed E-state index contributed by atoms with van der Waals surface area (Å²) < 4.78 is 0. The van der Waals surface area contributed by atoms with Crippen LogP contribution in [-0.4, -0.2) is 19.5 Å². The van der Waals surface area contributed by atoms with E-state index in [-0.39, 0.29) is 29.8 Å². The summed E-state index contributed by atoms with van der Waals surface area (Å²) in [5.74, 6) is 0.0602. The Bertz CT molecular complexity index is 432. The Morgan fingerprint density at radius 2 is 2.06 bits per heavy atom. The third-order valence-corrected chi connectivity index (χ3v) is 3.45. The van der Waals surface area contributed by atoms with Crippen LogP contribution in [0, 0.1) is 0 Å². The molecule has 0 radical (unpaired) electrons. The fraction of sp³-hybridized carbons (Fsp3) is 0.500. The van der Waals surface area contributed by atoms with Crippen LogP contribution in [0.2, 0.25) is 0 Å². The van der Waals surface area contributed by atoms with Gasteiger partial charge in [-0.25, -0.2) is 0 Å². The minimum Gasteiger partial charge on any atom is -0.348 e. The van der Waals surface area contributed by atoms with Gasteiger partial charge >= 0.3 is 0 Å².